The number of anilines is 1. The van der Waals surface area contributed by atoms with Gasteiger partial charge in [-0.25, -0.2) is 4.98 Å². The van der Waals surface area contributed by atoms with Crippen LogP contribution in [0.2, 0.25) is 0 Å². The first kappa shape index (κ1) is 16.5. The lowest BCUT2D eigenvalue weighted by Crippen LogP contribution is -2.36. The summed E-state index contributed by atoms with van der Waals surface area (Å²) in [5.74, 6) is -0.00351. The van der Waals surface area contributed by atoms with E-state index in [2.05, 4.69) is 39.5 Å². The number of fused-ring (bicyclic) bond motifs is 1. The number of rotatable bonds is 3. The molecule has 6 heteroatoms. The van der Waals surface area contributed by atoms with Gasteiger partial charge in [0.2, 0.25) is 0 Å². The number of aryl methyl sites for hydroxylation is 2. The molecule has 0 saturated carbocycles. The molecule has 0 radical (unpaired) electrons. The van der Waals surface area contributed by atoms with Gasteiger partial charge >= 0.3 is 0 Å². The Morgan fingerprint density at radius 2 is 2.12 bits per heavy atom. The largest absolute Gasteiger partial charge is 0.378 e. The Balaban J connectivity index is 1.51. The minimum absolute atomic E-state index is 0.00351. The van der Waals surface area contributed by atoms with Crippen molar-refractivity contribution in [3.63, 3.8) is 0 Å². The molecule has 1 saturated heterocycles. The van der Waals surface area contributed by atoms with Crippen molar-refractivity contribution in [2.24, 2.45) is 0 Å². The highest BCUT2D eigenvalue weighted by atomic mass is 32.1. The molecule has 2 aromatic rings. The van der Waals surface area contributed by atoms with E-state index >= 15 is 0 Å². The van der Waals surface area contributed by atoms with Gasteiger partial charge in [0.15, 0.2) is 5.13 Å². The van der Waals surface area contributed by atoms with Gasteiger partial charge in [-0.15, -0.1) is 0 Å². The van der Waals surface area contributed by atoms with Gasteiger partial charge < -0.3 is 15.0 Å². The Labute approximate surface area is 152 Å². The molecule has 1 aromatic carbocycles. The van der Waals surface area contributed by atoms with E-state index in [-0.39, 0.29) is 11.9 Å². The van der Waals surface area contributed by atoms with Crippen molar-refractivity contribution < 1.29 is 9.53 Å². The molecule has 4 rings (SSSR count). The Morgan fingerprint density at radius 3 is 2.96 bits per heavy atom. The van der Waals surface area contributed by atoms with Crippen molar-refractivity contribution in [1.82, 2.24) is 10.3 Å². The molecule has 1 amide bonds. The maximum atomic E-state index is 12.9. The number of ether oxygens (including phenoxy) is 1. The third-order valence-corrected chi connectivity index (χ3v) is 6.16. The summed E-state index contributed by atoms with van der Waals surface area (Å²) in [5.41, 5.74) is 3.43. The molecule has 1 atom stereocenters. The first-order valence-electron chi connectivity index (χ1n) is 8.91. The fraction of sp³-hybridized carbons (Fsp3) is 0.474. The summed E-state index contributed by atoms with van der Waals surface area (Å²) in [6, 6.07) is 8.54. The Morgan fingerprint density at radius 1 is 1.32 bits per heavy atom. The molecular weight excluding hydrogens is 334 g/mol. The molecule has 1 aliphatic heterocycles. The average molecular weight is 357 g/mol. The lowest BCUT2D eigenvalue weighted by atomic mass is 9.88. The van der Waals surface area contributed by atoms with Gasteiger partial charge in [-0.05, 0) is 37.3 Å². The van der Waals surface area contributed by atoms with Crippen LogP contribution in [0, 0.1) is 6.92 Å². The monoisotopic (exact) mass is 357 g/mol. The van der Waals surface area contributed by atoms with Crippen LogP contribution in [0.1, 0.15) is 45.4 Å². The molecule has 1 unspecified atom stereocenters. The zero-order chi connectivity index (χ0) is 17.2. The highest BCUT2D eigenvalue weighted by Crippen LogP contribution is 2.31. The van der Waals surface area contributed by atoms with Crippen LogP contribution in [-0.2, 0) is 11.2 Å². The van der Waals surface area contributed by atoms with Gasteiger partial charge in [-0.1, -0.05) is 35.6 Å². The molecule has 1 N–H and O–H groups in total. The number of amides is 1. The Kier molecular flexibility index (Phi) is 4.72. The highest BCUT2D eigenvalue weighted by Gasteiger charge is 2.25. The highest BCUT2D eigenvalue weighted by molar-refractivity contribution is 7.17. The van der Waals surface area contributed by atoms with Gasteiger partial charge in [0, 0.05) is 13.1 Å². The topological polar surface area (TPSA) is 54.5 Å². The van der Waals surface area contributed by atoms with Crippen LogP contribution in [0.3, 0.4) is 0 Å². The smallest absolute Gasteiger partial charge is 0.263 e. The zero-order valence-corrected chi connectivity index (χ0v) is 15.3. The summed E-state index contributed by atoms with van der Waals surface area (Å²) in [7, 11) is 0. The molecule has 1 aliphatic carbocycles. The number of carbonyl (C=O) groups excluding carboxylic acids is 1. The second-order valence-electron chi connectivity index (χ2n) is 6.63. The number of thiazole rings is 1. The lowest BCUT2D eigenvalue weighted by molar-refractivity contribution is 0.0936. The second-order valence-corrected chi connectivity index (χ2v) is 7.61. The van der Waals surface area contributed by atoms with Crippen LogP contribution in [0.25, 0.3) is 0 Å². The van der Waals surface area contributed by atoms with Crippen molar-refractivity contribution in [3.8, 4) is 0 Å². The fourth-order valence-corrected chi connectivity index (χ4v) is 4.63. The van der Waals surface area contributed by atoms with Crippen LogP contribution < -0.4 is 10.2 Å². The van der Waals surface area contributed by atoms with Gasteiger partial charge in [-0.3, -0.25) is 4.79 Å². The molecule has 132 valence electrons. The molecule has 1 fully saturated rings. The maximum absolute atomic E-state index is 12.9. The minimum Gasteiger partial charge on any atom is -0.378 e. The number of morpholine rings is 1. The molecule has 2 heterocycles. The number of nitrogens with zero attached hydrogens (tertiary/aromatic N) is 2. The van der Waals surface area contributed by atoms with E-state index in [9.17, 15) is 4.79 Å². The number of carbonyl (C=O) groups is 1. The molecule has 1 aromatic heterocycles. The zero-order valence-electron chi connectivity index (χ0n) is 14.5. The van der Waals surface area contributed by atoms with Crippen LogP contribution in [0.15, 0.2) is 24.3 Å². The van der Waals surface area contributed by atoms with Crippen LogP contribution in [0.5, 0.6) is 0 Å². The van der Waals surface area contributed by atoms with Crippen molar-refractivity contribution in [3.05, 3.63) is 46.0 Å². The van der Waals surface area contributed by atoms with E-state index in [1.807, 2.05) is 6.92 Å². The predicted molar refractivity (Wildman–Crippen MR) is 99.5 cm³/mol. The normalized spacial score (nSPS) is 20.2. The molecule has 5 nitrogen and oxygen atoms in total. The third-order valence-electron chi connectivity index (χ3n) is 4.95. The van der Waals surface area contributed by atoms with Crippen molar-refractivity contribution in [1.29, 1.82) is 0 Å². The summed E-state index contributed by atoms with van der Waals surface area (Å²) in [6.07, 6.45) is 3.21. The van der Waals surface area contributed by atoms with Crippen molar-refractivity contribution in [2.75, 3.05) is 31.2 Å². The van der Waals surface area contributed by atoms with Crippen LogP contribution >= 0.6 is 11.3 Å². The lowest BCUT2D eigenvalue weighted by Gasteiger charge is -2.26. The SMILES string of the molecule is Cc1nc(N2CCOCC2)sc1C(=O)NC1CCCc2ccccc21. The van der Waals surface area contributed by atoms with Gasteiger partial charge in [0.1, 0.15) is 4.88 Å². The minimum atomic E-state index is -0.00351. The van der Waals surface area contributed by atoms with E-state index in [1.165, 1.54) is 22.5 Å². The maximum Gasteiger partial charge on any atom is 0.263 e. The van der Waals surface area contributed by atoms with E-state index in [0.29, 0.717) is 0 Å². The summed E-state index contributed by atoms with van der Waals surface area (Å²) in [4.78, 5) is 20.4. The summed E-state index contributed by atoms with van der Waals surface area (Å²) >= 11 is 1.49. The Hall–Kier alpha value is -1.92. The molecule has 0 spiro atoms. The molecule has 0 bridgehead atoms. The van der Waals surface area contributed by atoms with E-state index in [1.54, 1.807) is 0 Å². The van der Waals surface area contributed by atoms with Crippen LogP contribution in [0.4, 0.5) is 5.13 Å². The molecule has 2 aliphatic rings. The average Bonchev–Trinajstić information content (AvgIpc) is 3.05. The van der Waals surface area contributed by atoms with Gasteiger partial charge in [-0.2, -0.15) is 0 Å². The number of hydrogen-bond donors (Lipinski definition) is 1. The standard InChI is InChI=1S/C19H23N3O2S/c1-13-17(25-19(20-13)22-9-11-24-12-10-22)18(23)21-16-8-4-6-14-5-2-3-7-15(14)16/h2-3,5,7,16H,4,6,8-12H2,1H3,(H,21,23). The van der Waals surface area contributed by atoms with E-state index in [4.69, 9.17) is 4.74 Å². The quantitative estimate of drug-likeness (QED) is 0.917. The first-order valence-corrected chi connectivity index (χ1v) is 9.73. The summed E-state index contributed by atoms with van der Waals surface area (Å²) in [5, 5.41) is 4.16. The number of nitrogens with one attached hydrogen (secondary N) is 1. The number of hydrogen-bond acceptors (Lipinski definition) is 5. The second kappa shape index (κ2) is 7.14. The Bertz CT molecular complexity index is 768. The van der Waals surface area contributed by atoms with Gasteiger partial charge in [0.05, 0.1) is 24.9 Å². The molecule has 25 heavy (non-hydrogen) atoms. The first-order chi connectivity index (χ1) is 12.2. The number of aromatic nitrogens is 1. The number of benzene rings is 1. The molecular formula is C19H23N3O2S. The third kappa shape index (κ3) is 3.41. The fourth-order valence-electron chi connectivity index (χ4n) is 3.61. The van der Waals surface area contributed by atoms with E-state index < -0.39 is 0 Å². The van der Waals surface area contributed by atoms with Crippen molar-refractivity contribution >= 4 is 22.4 Å². The summed E-state index contributed by atoms with van der Waals surface area (Å²) < 4.78 is 5.40. The van der Waals surface area contributed by atoms with Crippen molar-refractivity contribution in [2.45, 2.75) is 32.2 Å². The van der Waals surface area contributed by atoms with Crippen LogP contribution in [-0.4, -0.2) is 37.2 Å². The predicted octanol–water partition coefficient (Wildman–Crippen LogP) is 3.10. The summed E-state index contributed by atoms with van der Waals surface area (Å²) in [6.45, 7) is 5.04. The van der Waals surface area contributed by atoms with E-state index in [0.717, 1.165) is 61.3 Å². The van der Waals surface area contributed by atoms with Gasteiger partial charge in [0.25, 0.3) is 5.91 Å².